The number of β-lactam (4-membered cyclic amide) rings is 1. The lowest BCUT2D eigenvalue weighted by atomic mass is 9.79. The van der Waals surface area contributed by atoms with Crippen LogP contribution in [-0.2, 0) is 14.4 Å². The fourth-order valence-electron chi connectivity index (χ4n) is 4.94. The molecular weight excluding hydrogens is 410 g/mol. The Kier molecular flexibility index (Phi) is 5.54. The molecule has 30 heavy (non-hydrogen) atoms. The van der Waals surface area contributed by atoms with Crippen LogP contribution in [0, 0.1) is 17.2 Å². The molecule has 11 heteroatoms. The largest absolute Gasteiger partial charge is 0.477 e. The Morgan fingerprint density at radius 2 is 2.10 bits per heavy atom. The molecule has 4 aliphatic heterocycles. The Labute approximate surface area is 178 Å². The Bertz CT molecular complexity index is 811. The van der Waals surface area contributed by atoms with Crippen molar-refractivity contribution in [3.8, 4) is 0 Å². The van der Waals surface area contributed by atoms with Crippen LogP contribution in [0.25, 0.3) is 0 Å². The molecule has 6 atom stereocenters. The summed E-state index contributed by atoms with van der Waals surface area (Å²) in [5.74, 6) is -2.18. The van der Waals surface area contributed by atoms with Crippen molar-refractivity contribution >= 4 is 35.9 Å². The third-order valence-corrected chi connectivity index (χ3v) is 8.02. The highest BCUT2D eigenvalue weighted by molar-refractivity contribution is 8.03. The molecular formula is C19H27N5O5S. The number of aliphatic hydroxyl groups excluding tert-OH is 1. The Balaban J connectivity index is 1.41. The molecule has 4 heterocycles. The number of carbonyl (C=O) groups is 3. The van der Waals surface area contributed by atoms with E-state index in [1.807, 2.05) is 6.92 Å². The van der Waals surface area contributed by atoms with Crippen molar-refractivity contribution in [2.75, 3.05) is 19.6 Å². The summed E-state index contributed by atoms with van der Waals surface area (Å²) >= 11 is 1.44. The van der Waals surface area contributed by atoms with Crippen molar-refractivity contribution in [3.05, 3.63) is 10.6 Å². The molecule has 0 spiro atoms. The number of carbonyl (C=O) groups excluding carboxylic acids is 2. The molecule has 2 amide bonds. The quantitative estimate of drug-likeness (QED) is 0.194. The van der Waals surface area contributed by atoms with Gasteiger partial charge < -0.3 is 30.6 Å². The van der Waals surface area contributed by atoms with Crippen LogP contribution in [-0.4, -0.2) is 93.2 Å². The van der Waals surface area contributed by atoms with Gasteiger partial charge in [-0.2, -0.15) is 0 Å². The van der Waals surface area contributed by atoms with Crippen molar-refractivity contribution in [3.63, 3.8) is 0 Å². The first kappa shape index (κ1) is 21.1. The standard InChI is InChI=1S/C19H27N5O5S/c1-8-14-13(9(2)25)18(27)24(14)15(19(28)29)16(8)30-11-3-12(21-4-11)17(26)23-5-10(6-23)22-7-20/h7-14,21,25H,3-6H2,1-2H3,(H2,20,22)(H,28,29)/t8?,9?,11?,12?,13?,14-/m0/s1. The molecule has 10 nitrogen and oxygen atoms in total. The molecule has 0 aromatic rings. The molecule has 0 aliphatic carbocycles. The number of amides is 2. The van der Waals surface area contributed by atoms with E-state index in [0.717, 1.165) is 6.34 Å². The number of nitrogens with one attached hydrogen (secondary N) is 3. The van der Waals surface area contributed by atoms with E-state index in [1.54, 1.807) is 11.8 Å². The van der Waals surface area contributed by atoms with Gasteiger partial charge in [-0.1, -0.05) is 6.92 Å². The van der Waals surface area contributed by atoms with E-state index in [-0.39, 0.29) is 46.8 Å². The second-order valence-corrected chi connectivity index (χ2v) is 9.80. The zero-order valence-electron chi connectivity index (χ0n) is 16.9. The number of rotatable bonds is 7. The smallest absolute Gasteiger partial charge is 0.353 e. The highest BCUT2D eigenvalue weighted by Gasteiger charge is 2.60. The Morgan fingerprint density at radius 1 is 1.40 bits per heavy atom. The van der Waals surface area contributed by atoms with Crippen LogP contribution in [0.1, 0.15) is 20.3 Å². The zero-order chi connectivity index (χ0) is 21.7. The van der Waals surface area contributed by atoms with Crippen LogP contribution in [0.4, 0.5) is 0 Å². The molecule has 3 fully saturated rings. The summed E-state index contributed by atoms with van der Waals surface area (Å²) < 4.78 is 0. The molecule has 4 rings (SSSR count). The van der Waals surface area contributed by atoms with Crippen LogP contribution < -0.4 is 10.6 Å². The molecule has 0 saturated carbocycles. The summed E-state index contributed by atoms with van der Waals surface area (Å²) in [6.45, 7) is 5.20. The fourth-order valence-corrected chi connectivity index (χ4v) is 6.42. The average Bonchev–Trinajstić information content (AvgIpc) is 3.20. The van der Waals surface area contributed by atoms with Gasteiger partial charge in [-0.05, 0) is 13.3 Å². The molecule has 5 N–H and O–H groups in total. The Hall–Kier alpha value is -2.11. The lowest BCUT2D eigenvalue weighted by Gasteiger charge is -2.46. The van der Waals surface area contributed by atoms with Gasteiger partial charge in [0.25, 0.3) is 0 Å². The van der Waals surface area contributed by atoms with E-state index >= 15 is 0 Å². The molecule has 0 aromatic heterocycles. The second-order valence-electron chi connectivity index (χ2n) is 8.46. The number of aliphatic carboxylic acids is 1. The van der Waals surface area contributed by atoms with Crippen LogP contribution in [0.3, 0.4) is 0 Å². The first-order chi connectivity index (χ1) is 14.2. The van der Waals surface area contributed by atoms with Crippen LogP contribution in [0.15, 0.2) is 10.6 Å². The maximum Gasteiger partial charge on any atom is 0.353 e. The minimum atomic E-state index is -1.13. The SMILES string of the molecule is CC(O)C1C(=O)N2C(C(=O)O)=C(SC3CNC(C(=O)N4CC(NC=N)C4)C3)C(C)[C@@H]12. The number of aliphatic hydroxyl groups is 1. The van der Waals surface area contributed by atoms with E-state index in [1.165, 1.54) is 16.7 Å². The average molecular weight is 438 g/mol. The van der Waals surface area contributed by atoms with Gasteiger partial charge >= 0.3 is 5.97 Å². The highest BCUT2D eigenvalue weighted by Crippen LogP contribution is 2.51. The van der Waals surface area contributed by atoms with Gasteiger partial charge in [0.2, 0.25) is 11.8 Å². The van der Waals surface area contributed by atoms with Gasteiger partial charge in [0.1, 0.15) is 5.70 Å². The van der Waals surface area contributed by atoms with Crippen molar-refractivity contribution in [1.29, 1.82) is 5.41 Å². The molecule has 0 radical (unpaired) electrons. The number of hydrogen-bond acceptors (Lipinski definition) is 7. The minimum Gasteiger partial charge on any atom is -0.477 e. The summed E-state index contributed by atoms with van der Waals surface area (Å²) in [5, 5.41) is 32.9. The van der Waals surface area contributed by atoms with Crippen molar-refractivity contribution in [1.82, 2.24) is 20.4 Å². The lowest BCUT2D eigenvalue weighted by molar-refractivity contribution is -0.163. The zero-order valence-corrected chi connectivity index (χ0v) is 17.7. The van der Waals surface area contributed by atoms with E-state index in [0.29, 0.717) is 31.0 Å². The third kappa shape index (κ3) is 3.28. The summed E-state index contributed by atoms with van der Waals surface area (Å²) in [7, 11) is 0. The topological polar surface area (TPSA) is 146 Å². The number of nitrogens with zero attached hydrogens (tertiary/aromatic N) is 2. The molecule has 4 aliphatic rings. The van der Waals surface area contributed by atoms with Gasteiger partial charge in [0.05, 0.1) is 36.5 Å². The second kappa shape index (κ2) is 7.86. The number of carboxylic acids is 1. The summed E-state index contributed by atoms with van der Waals surface area (Å²) in [6, 6.07) is -0.500. The van der Waals surface area contributed by atoms with Crippen molar-refractivity contribution in [2.45, 2.75) is 49.7 Å². The predicted molar refractivity (Wildman–Crippen MR) is 110 cm³/mol. The third-order valence-electron chi connectivity index (χ3n) is 6.51. The molecule has 0 bridgehead atoms. The van der Waals surface area contributed by atoms with E-state index in [4.69, 9.17) is 5.41 Å². The molecule has 164 valence electrons. The molecule has 3 saturated heterocycles. The minimum absolute atomic E-state index is 0.0254. The number of hydrogen-bond donors (Lipinski definition) is 5. The maximum atomic E-state index is 12.7. The van der Waals surface area contributed by atoms with E-state index < -0.39 is 18.0 Å². The fraction of sp³-hybridized carbons (Fsp3) is 0.684. The van der Waals surface area contributed by atoms with Gasteiger partial charge in [-0.15, -0.1) is 11.8 Å². The highest BCUT2D eigenvalue weighted by atomic mass is 32.2. The first-order valence-electron chi connectivity index (χ1n) is 10.2. The number of likely N-dealkylation sites (tertiary alicyclic amines) is 1. The summed E-state index contributed by atoms with van der Waals surface area (Å²) in [4.78, 5) is 40.7. The van der Waals surface area contributed by atoms with Crippen molar-refractivity contribution < 1.29 is 24.6 Å². The summed E-state index contributed by atoms with van der Waals surface area (Å²) in [6.07, 6.45) is 0.905. The van der Waals surface area contributed by atoms with Gasteiger partial charge in [0.15, 0.2) is 0 Å². The van der Waals surface area contributed by atoms with Gasteiger partial charge in [-0.25, -0.2) is 4.79 Å². The predicted octanol–water partition coefficient (Wildman–Crippen LogP) is -0.989. The summed E-state index contributed by atoms with van der Waals surface area (Å²) in [5.41, 5.74) is 0.0254. The van der Waals surface area contributed by atoms with Gasteiger partial charge in [0, 0.05) is 35.7 Å². The van der Waals surface area contributed by atoms with E-state index in [9.17, 15) is 24.6 Å². The lowest BCUT2D eigenvalue weighted by Crippen LogP contribution is -2.63. The normalized spacial score (nSPS) is 34.4. The molecule has 5 unspecified atom stereocenters. The number of carboxylic acid groups (broad SMARTS) is 1. The number of thioether (sulfide) groups is 1. The monoisotopic (exact) mass is 437 g/mol. The van der Waals surface area contributed by atoms with Crippen LogP contribution in [0.2, 0.25) is 0 Å². The maximum absolute atomic E-state index is 12.7. The van der Waals surface area contributed by atoms with Crippen LogP contribution in [0.5, 0.6) is 0 Å². The van der Waals surface area contributed by atoms with Gasteiger partial charge in [-0.3, -0.25) is 15.0 Å². The van der Waals surface area contributed by atoms with Crippen LogP contribution >= 0.6 is 11.8 Å². The van der Waals surface area contributed by atoms with Crippen molar-refractivity contribution in [2.24, 2.45) is 11.8 Å². The Morgan fingerprint density at radius 3 is 2.70 bits per heavy atom. The molecule has 0 aromatic carbocycles. The first-order valence-corrected chi connectivity index (χ1v) is 11.0. The van der Waals surface area contributed by atoms with E-state index in [2.05, 4.69) is 10.6 Å². The number of fused-ring (bicyclic) bond motifs is 1.